The van der Waals surface area contributed by atoms with Gasteiger partial charge in [-0.2, -0.15) is 0 Å². The lowest BCUT2D eigenvalue weighted by Crippen LogP contribution is -2.53. The third kappa shape index (κ3) is 5.57. The van der Waals surface area contributed by atoms with Crippen LogP contribution in [0.3, 0.4) is 0 Å². The van der Waals surface area contributed by atoms with Crippen molar-refractivity contribution in [1.82, 2.24) is 15.1 Å². The maximum atomic E-state index is 12.4. The van der Waals surface area contributed by atoms with E-state index in [9.17, 15) is 4.79 Å². The molecule has 2 heterocycles. The van der Waals surface area contributed by atoms with Crippen LogP contribution in [0.15, 0.2) is 0 Å². The van der Waals surface area contributed by atoms with E-state index < -0.39 is 0 Å². The highest BCUT2D eigenvalue weighted by atomic mass is 16.5. The van der Waals surface area contributed by atoms with Crippen molar-refractivity contribution in [2.24, 2.45) is 0 Å². The Morgan fingerprint density at radius 1 is 1.19 bits per heavy atom. The number of nitrogens with one attached hydrogen (secondary N) is 1. The van der Waals surface area contributed by atoms with Crippen LogP contribution in [0.1, 0.15) is 40.0 Å². The quantitative estimate of drug-likeness (QED) is 0.844. The number of carbonyl (C=O) groups excluding carboxylic acids is 1. The molecule has 1 N–H and O–H groups in total. The van der Waals surface area contributed by atoms with Crippen molar-refractivity contribution in [3.63, 3.8) is 0 Å². The maximum Gasteiger partial charge on any atom is 0.236 e. The number of rotatable bonds is 4. The number of ether oxygens (including phenoxy) is 1. The third-order valence-corrected chi connectivity index (χ3v) is 4.32. The summed E-state index contributed by atoms with van der Waals surface area (Å²) in [6, 6.07) is 0.489. The van der Waals surface area contributed by atoms with E-state index in [4.69, 9.17) is 4.74 Å². The van der Waals surface area contributed by atoms with E-state index in [1.165, 1.54) is 19.3 Å². The first-order chi connectivity index (χ1) is 9.96. The molecular weight excluding hydrogens is 266 g/mol. The molecule has 0 spiro atoms. The molecule has 0 aromatic rings. The van der Waals surface area contributed by atoms with E-state index >= 15 is 0 Å². The number of carbonyl (C=O) groups is 1. The summed E-state index contributed by atoms with van der Waals surface area (Å²) < 4.78 is 5.32. The Balaban J connectivity index is 1.84. The van der Waals surface area contributed by atoms with Gasteiger partial charge < -0.3 is 15.0 Å². The van der Waals surface area contributed by atoms with Gasteiger partial charge in [-0.05, 0) is 40.2 Å². The van der Waals surface area contributed by atoms with Crippen LogP contribution in [0, 0.1) is 0 Å². The van der Waals surface area contributed by atoms with Crippen LogP contribution in [0.5, 0.6) is 0 Å². The molecule has 2 fully saturated rings. The fourth-order valence-electron chi connectivity index (χ4n) is 3.01. The Morgan fingerprint density at radius 2 is 1.90 bits per heavy atom. The van der Waals surface area contributed by atoms with E-state index in [2.05, 4.69) is 31.0 Å². The summed E-state index contributed by atoms with van der Waals surface area (Å²) in [7, 11) is 0. The topological polar surface area (TPSA) is 44.8 Å². The van der Waals surface area contributed by atoms with Crippen molar-refractivity contribution < 1.29 is 9.53 Å². The second-order valence-corrected chi connectivity index (χ2v) is 7.24. The molecule has 2 aliphatic heterocycles. The summed E-state index contributed by atoms with van der Waals surface area (Å²) in [4.78, 5) is 16.7. The number of amides is 1. The number of hydrogen-bond donors (Lipinski definition) is 1. The molecule has 1 atom stereocenters. The molecule has 2 rings (SSSR count). The number of morpholine rings is 1. The molecule has 0 bridgehead atoms. The summed E-state index contributed by atoms with van der Waals surface area (Å²) in [5.74, 6) is 0.265. The van der Waals surface area contributed by atoms with Crippen molar-refractivity contribution in [2.75, 3.05) is 45.9 Å². The standard InChI is InChI=1S/C16H31N3O2/c1-16(2,3)17-12-14-6-4-5-7-19(14)13-15(20)18-8-10-21-11-9-18/h14,17H,4-13H2,1-3H3. The first kappa shape index (κ1) is 16.7. The zero-order valence-corrected chi connectivity index (χ0v) is 13.9. The Morgan fingerprint density at radius 3 is 2.57 bits per heavy atom. The Hall–Kier alpha value is -0.650. The Labute approximate surface area is 129 Å². The molecule has 0 aliphatic carbocycles. The van der Waals surface area contributed by atoms with Crippen LogP contribution >= 0.6 is 0 Å². The van der Waals surface area contributed by atoms with Gasteiger partial charge in [0.15, 0.2) is 0 Å². The van der Waals surface area contributed by atoms with Gasteiger partial charge >= 0.3 is 0 Å². The second kappa shape index (κ2) is 7.56. The van der Waals surface area contributed by atoms with Gasteiger partial charge in [0, 0.05) is 31.2 Å². The first-order valence-corrected chi connectivity index (χ1v) is 8.30. The van der Waals surface area contributed by atoms with E-state index in [0.717, 1.165) is 26.2 Å². The van der Waals surface area contributed by atoms with Gasteiger partial charge in [-0.3, -0.25) is 9.69 Å². The van der Waals surface area contributed by atoms with Gasteiger partial charge in [0.25, 0.3) is 0 Å². The van der Waals surface area contributed by atoms with Gasteiger partial charge in [-0.1, -0.05) is 6.42 Å². The smallest absolute Gasteiger partial charge is 0.236 e. The minimum absolute atomic E-state index is 0.136. The average molecular weight is 297 g/mol. The predicted molar refractivity (Wildman–Crippen MR) is 84.4 cm³/mol. The van der Waals surface area contributed by atoms with Gasteiger partial charge in [-0.25, -0.2) is 0 Å². The highest BCUT2D eigenvalue weighted by molar-refractivity contribution is 5.78. The highest BCUT2D eigenvalue weighted by Gasteiger charge is 2.27. The summed E-state index contributed by atoms with van der Waals surface area (Å²) in [6.45, 7) is 12.0. The summed E-state index contributed by atoms with van der Waals surface area (Å²) in [5.41, 5.74) is 0.136. The van der Waals surface area contributed by atoms with E-state index in [0.29, 0.717) is 25.8 Å². The number of hydrogen-bond acceptors (Lipinski definition) is 4. The first-order valence-electron chi connectivity index (χ1n) is 8.30. The fraction of sp³-hybridized carbons (Fsp3) is 0.938. The fourth-order valence-corrected chi connectivity index (χ4v) is 3.01. The maximum absolute atomic E-state index is 12.4. The molecule has 0 saturated carbocycles. The Bertz CT molecular complexity index is 335. The molecule has 122 valence electrons. The van der Waals surface area contributed by atoms with Gasteiger partial charge in [0.1, 0.15) is 0 Å². The molecule has 0 radical (unpaired) electrons. The molecule has 2 saturated heterocycles. The highest BCUT2D eigenvalue weighted by Crippen LogP contribution is 2.17. The van der Waals surface area contributed by atoms with Crippen molar-refractivity contribution >= 4 is 5.91 Å². The Kier molecular flexibility index (Phi) is 6.02. The zero-order chi connectivity index (χ0) is 15.3. The molecule has 1 amide bonds. The largest absolute Gasteiger partial charge is 0.378 e. The molecule has 2 aliphatic rings. The van der Waals surface area contributed by atoms with Gasteiger partial charge in [0.2, 0.25) is 5.91 Å². The lowest BCUT2D eigenvalue weighted by Gasteiger charge is -2.38. The van der Waals surface area contributed by atoms with Crippen molar-refractivity contribution in [2.45, 2.75) is 51.6 Å². The van der Waals surface area contributed by atoms with Crippen LogP contribution in [0.2, 0.25) is 0 Å². The van der Waals surface area contributed by atoms with E-state index in [-0.39, 0.29) is 11.4 Å². The minimum Gasteiger partial charge on any atom is -0.378 e. The molecule has 1 unspecified atom stereocenters. The number of likely N-dealkylation sites (tertiary alicyclic amines) is 1. The predicted octanol–water partition coefficient (Wildman–Crippen LogP) is 1.09. The average Bonchev–Trinajstić information content (AvgIpc) is 2.46. The monoisotopic (exact) mass is 297 g/mol. The lowest BCUT2D eigenvalue weighted by molar-refractivity contribution is -0.137. The summed E-state index contributed by atoms with van der Waals surface area (Å²) >= 11 is 0. The van der Waals surface area contributed by atoms with Crippen molar-refractivity contribution in [1.29, 1.82) is 0 Å². The third-order valence-electron chi connectivity index (χ3n) is 4.32. The second-order valence-electron chi connectivity index (χ2n) is 7.24. The van der Waals surface area contributed by atoms with E-state index in [1.54, 1.807) is 0 Å². The lowest BCUT2D eigenvalue weighted by atomic mass is 10.0. The number of nitrogens with zero attached hydrogens (tertiary/aromatic N) is 2. The molecule has 5 heteroatoms. The van der Waals surface area contributed by atoms with Crippen LogP contribution < -0.4 is 5.32 Å². The number of piperidine rings is 1. The molecule has 5 nitrogen and oxygen atoms in total. The molecular formula is C16H31N3O2. The van der Waals surface area contributed by atoms with Crippen LogP contribution in [0.4, 0.5) is 0 Å². The van der Waals surface area contributed by atoms with E-state index in [1.807, 2.05) is 4.90 Å². The van der Waals surface area contributed by atoms with Crippen LogP contribution in [-0.2, 0) is 9.53 Å². The molecule has 0 aromatic carbocycles. The normalized spacial score (nSPS) is 25.1. The van der Waals surface area contributed by atoms with Gasteiger partial charge in [-0.15, -0.1) is 0 Å². The van der Waals surface area contributed by atoms with Crippen LogP contribution in [-0.4, -0.2) is 73.2 Å². The zero-order valence-electron chi connectivity index (χ0n) is 13.9. The summed E-state index contributed by atoms with van der Waals surface area (Å²) in [5, 5.41) is 3.59. The summed E-state index contributed by atoms with van der Waals surface area (Å²) in [6.07, 6.45) is 3.68. The van der Waals surface area contributed by atoms with Crippen LogP contribution in [0.25, 0.3) is 0 Å². The molecule has 21 heavy (non-hydrogen) atoms. The van der Waals surface area contributed by atoms with Crippen molar-refractivity contribution in [3.05, 3.63) is 0 Å². The SMILES string of the molecule is CC(C)(C)NCC1CCCCN1CC(=O)N1CCOCC1. The molecule has 0 aromatic heterocycles. The minimum atomic E-state index is 0.136. The van der Waals surface area contributed by atoms with Gasteiger partial charge in [0.05, 0.1) is 19.8 Å². The van der Waals surface area contributed by atoms with Crippen molar-refractivity contribution in [3.8, 4) is 0 Å².